The first-order valence-electron chi connectivity index (χ1n) is 5.60. The van der Waals surface area contributed by atoms with Crippen LogP contribution in [0.1, 0.15) is 17.3 Å². The second-order valence-corrected chi connectivity index (χ2v) is 5.80. The molecule has 1 aromatic rings. The highest BCUT2D eigenvalue weighted by Crippen LogP contribution is 2.24. The van der Waals surface area contributed by atoms with Gasteiger partial charge in [0.25, 0.3) is 5.91 Å². The zero-order valence-electron chi connectivity index (χ0n) is 9.54. The number of hydrogen-bond acceptors (Lipinski definition) is 2. The van der Waals surface area contributed by atoms with Gasteiger partial charge in [-0.1, -0.05) is 15.9 Å². The van der Waals surface area contributed by atoms with Crippen molar-refractivity contribution in [3.05, 3.63) is 32.7 Å². The summed E-state index contributed by atoms with van der Waals surface area (Å²) in [6, 6.07) is 6.01. The van der Waals surface area contributed by atoms with Gasteiger partial charge in [0, 0.05) is 28.6 Å². The molecule has 0 aliphatic carbocycles. The SMILES string of the molecule is CCN(C(=O)c1cc(Br)ccc1Br)C1CNC1. The fraction of sp³-hybridized carbons (Fsp3) is 0.417. The number of halogens is 2. The van der Waals surface area contributed by atoms with E-state index in [1.807, 2.05) is 30.0 Å². The third-order valence-corrected chi connectivity index (χ3v) is 4.15. The van der Waals surface area contributed by atoms with Crippen LogP contribution in [0.5, 0.6) is 0 Å². The molecule has 0 bridgehead atoms. The first kappa shape index (κ1) is 13.1. The summed E-state index contributed by atoms with van der Waals surface area (Å²) in [5.41, 5.74) is 0.716. The van der Waals surface area contributed by atoms with Crippen LogP contribution in [0.3, 0.4) is 0 Å². The third-order valence-electron chi connectivity index (χ3n) is 2.96. The number of carbonyl (C=O) groups is 1. The third kappa shape index (κ3) is 2.72. The van der Waals surface area contributed by atoms with E-state index >= 15 is 0 Å². The van der Waals surface area contributed by atoms with Crippen LogP contribution in [-0.2, 0) is 0 Å². The van der Waals surface area contributed by atoms with Gasteiger partial charge in [0.1, 0.15) is 0 Å². The van der Waals surface area contributed by atoms with Crippen molar-refractivity contribution in [2.24, 2.45) is 0 Å². The lowest BCUT2D eigenvalue weighted by Crippen LogP contribution is -2.58. The molecule has 0 saturated carbocycles. The van der Waals surface area contributed by atoms with Gasteiger partial charge in [-0.15, -0.1) is 0 Å². The Morgan fingerprint density at radius 1 is 1.47 bits per heavy atom. The summed E-state index contributed by atoms with van der Waals surface area (Å²) in [6.07, 6.45) is 0. The van der Waals surface area contributed by atoms with E-state index in [-0.39, 0.29) is 5.91 Å². The lowest BCUT2D eigenvalue weighted by atomic mass is 10.1. The molecular formula is C12H14Br2N2O. The molecule has 0 spiro atoms. The van der Waals surface area contributed by atoms with Crippen LogP contribution in [-0.4, -0.2) is 36.5 Å². The van der Waals surface area contributed by atoms with Gasteiger partial charge in [-0.2, -0.15) is 0 Å². The number of rotatable bonds is 3. The molecule has 0 radical (unpaired) electrons. The molecule has 1 saturated heterocycles. The van der Waals surface area contributed by atoms with E-state index in [0.717, 1.165) is 28.6 Å². The molecule has 5 heteroatoms. The molecule has 0 unspecified atom stereocenters. The number of carbonyl (C=O) groups excluding carboxylic acids is 1. The Balaban J connectivity index is 2.25. The minimum atomic E-state index is 0.0900. The number of likely N-dealkylation sites (N-methyl/N-ethyl adjacent to an activating group) is 1. The molecule has 2 rings (SSSR count). The lowest BCUT2D eigenvalue weighted by molar-refractivity contribution is 0.0629. The maximum atomic E-state index is 12.4. The second-order valence-electron chi connectivity index (χ2n) is 4.03. The molecule has 0 atom stereocenters. The van der Waals surface area contributed by atoms with E-state index in [1.165, 1.54) is 0 Å². The molecule has 1 aliphatic rings. The van der Waals surface area contributed by atoms with Gasteiger partial charge in [0.05, 0.1) is 11.6 Å². The standard InChI is InChI=1S/C12H14Br2N2O/c1-2-16(9-6-15-7-9)12(17)10-5-8(13)3-4-11(10)14/h3-5,9,15H,2,6-7H2,1H3. The Kier molecular flexibility index (Phi) is 4.22. The van der Waals surface area contributed by atoms with Crippen molar-refractivity contribution in [3.63, 3.8) is 0 Å². The average molecular weight is 362 g/mol. The minimum absolute atomic E-state index is 0.0900. The van der Waals surface area contributed by atoms with Crippen molar-refractivity contribution in [3.8, 4) is 0 Å². The zero-order valence-corrected chi connectivity index (χ0v) is 12.7. The van der Waals surface area contributed by atoms with Crippen molar-refractivity contribution >= 4 is 37.8 Å². The van der Waals surface area contributed by atoms with E-state index in [0.29, 0.717) is 11.6 Å². The summed E-state index contributed by atoms with van der Waals surface area (Å²) in [4.78, 5) is 14.4. The van der Waals surface area contributed by atoms with E-state index in [4.69, 9.17) is 0 Å². The van der Waals surface area contributed by atoms with Gasteiger partial charge in [0.2, 0.25) is 0 Å². The summed E-state index contributed by atoms with van der Waals surface area (Å²) < 4.78 is 1.77. The highest BCUT2D eigenvalue weighted by molar-refractivity contribution is 9.11. The first-order valence-corrected chi connectivity index (χ1v) is 7.18. The van der Waals surface area contributed by atoms with Gasteiger partial charge in [0.15, 0.2) is 0 Å². The fourth-order valence-corrected chi connectivity index (χ4v) is 2.65. The van der Waals surface area contributed by atoms with Gasteiger partial charge < -0.3 is 10.2 Å². The van der Waals surface area contributed by atoms with Gasteiger partial charge in [-0.3, -0.25) is 4.79 Å². The van der Waals surface area contributed by atoms with Crippen LogP contribution in [0.2, 0.25) is 0 Å². The second kappa shape index (κ2) is 5.50. The Hall–Kier alpha value is -0.390. The summed E-state index contributed by atoms with van der Waals surface area (Å²) >= 11 is 6.83. The largest absolute Gasteiger partial charge is 0.333 e. The summed E-state index contributed by atoms with van der Waals surface area (Å²) in [7, 11) is 0. The molecule has 1 N–H and O–H groups in total. The molecule has 1 aliphatic heterocycles. The Bertz CT molecular complexity index is 433. The molecule has 1 amide bonds. The number of amides is 1. The number of benzene rings is 1. The first-order chi connectivity index (χ1) is 8.13. The molecule has 17 heavy (non-hydrogen) atoms. The summed E-state index contributed by atoms with van der Waals surface area (Å²) in [5, 5.41) is 3.19. The van der Waals surface area contributed by atoms with Crippen LogP contribution in [0.4, 0.5) is 0 Å². The van der Waals surface area contributed by atoms with Crippen molar-refractivity contribution in [2.45, 2.75) is 13.0 Å². The minimum Gasteiger partial charge on any atom is -0.333 e. The predicted octanol–water partition coefficient (Wildman–Crippen LogP) is 2.65. The molecule has 1 fully saturated rings. The molecule has 1 aromatic carbocycles. The quantitative estimate of drug-likeness (QED) is 0.897. The topological polar surface area (TPSA) is 32.3 Å². The molecule has 92 valence electrons. The maximum Gasteiger partial charge on any atom is 0.255 e. The van der Waals surface area contributed by atoms with Crippen LogP contribution >= 0.6 is 31.9 Å². The number of nitrogens with one attached hydrogen (secondary N) is 1. The lowest BCUT2D eigenvalue weighted by Gasteiger charge is -2.37. The van der Waals surface area contributed by atoms with Gasteiger partial charge >= 0.3 is 0 Å². The van der Waals surface area contributed by atoms with Gasteiger partial charge in [-0.05, 0) is 41.1 Å². The monoisotopic (exact) mass is 360 g/mol. The van der Waals surface area contributed by atoms with Gasteiger partial charge in [-0.25, -0.2) is 0 Å². The highest BCUT2D eigenvalue weighted by Gasteiger charge is 2.28. The molecule has 3 nitrogen and oxygen atoms in total. The van der Waals surface area contributed by atoms with Crippen LogP contribution in [0, 0.1) is 0 Å². The zero-order chi connectivity index (χ0) is 12.4. The maximum absolute atomic E-state index is 12.4. The van der Waals surface area contributed by atoms with Crippen LogP contribution in [0.25, 0.3) is 0 Å². The highest BCUT2D eigenvalue weighted by atomic mass is 79.9. The van der Waals surface area contributed by atoms with Crippen LogP contribution in [0.15, 0.2) is 27.1 Å². The molecular weight excluding hydrogens is 348 g/mol. The molecule has 0 aromatic heterocycles. The van der Waals surface area contributed by atoms with Crippen molar-refractivity contribution in [2.75, 3.05) is 19.6 Å². The summed E-state index contributed by atoms with van der Waals surface area (Å²) in [5.74, 6) is 0.0900. The van der Waals surface area contributed by atoms with Crippen molar-refractivity contribution in [1.82, 2.24) is 10.2 Å². The van der Waals surface area contributed by atoms with E-state index in [1.54, 1.807) is 0 Å². The Morgan fingerprint density at radius 3 is 2.71 bits per heavy atom. The normalized spacial score (nSPS) is 15.5. The van der Waals surface area contributed by atoms with Crippen molar-refractivity contribution in [1.29, 1.82) is 0 Å². The predicted molar refractivity (Wildman–Crippen MR) is 75.2 cm³/mol. The van der Waals surface area contributed by atoms with E-state index in [2.05, 4.69) is 37.2 Å². The van der Waals surface area contributed by atoms with E-state index < -0.39 is 0 Å². The summed E-state index contributed by atoms with van der Waals surface area (Å²) in [6.45, 7) is 4.54. The fourth-order valence-electron chi connectivity index (χ4n) is 1.88. The number of hydrogen-bond donors (Lipinski definition) is 1. The Labute approximate surface area is 118 Å². The number of nitrogens with zero attached hydrogens (tertiary/aromatic N) is 1. The van der Waals surface area contributed by atoms with E-state index in [9.17, 15) is 4.79 Å². The Morgan fingerprint density at radius 2 is 2.18 bits per heavy atom. The smallest absolute Gasteiger partial charge is 0.255 e. The average Bonchev–Trinajstić information content (AvgIpc) is 2.25. The molecule has 1 heterocycles. The van der Waals surface area contributed by atoms with Crippen LogP contribution < -0.4 is 5.32 Å². The van der Waals surface area contributed by atoms with Crippen molar-refractivity contribution < 1.29 is 4.79 Å².